The van der Waals surface area contributed by atoms with Crippen molar-refractivity contribution >= 4 is 17.7 Å². The summed E-state index contributed by atoms with van der Waals surface area (Å²) in [6.07, 6.45) is 13.9. The van der Waals surface area contributed by atoms with Crippen molar-refractivity contribution in [2.45, 2.75) is 31.4 Å². The van der Waals surface area contributed by atoms with E-state index in [1.165, 1.54) is 16.8 Å². The molecule has 0 saturated heterocycles. The molecule has 0 fully saturated rings. The van der Waals surface area contributed by atoms with Crippen LogP contribution in [0.4, 0.5) is 0 Å². The number of allylic oxidation sites excluding steroid dienone is 3. The van der Waals surface area contributed by atoms with Crippen LogP contribution in [0.5, 0.6) is 0 Å². The van der Waals surface area contributed by atoms with Crippen molar-refractivity contribution in [3.63, 3.8) is 0 Å². The number of nitrogens with two attached hydrogens (primary N) is 2. The van der Waals surface area contributed by atoms with Crippen LogP contribution < -0.4 is 11.5 Å². The molecule has 1 aliphatic rings. The van der Waals surface area contributed by atoms with Crippen LogP contribution in [0.15, 0.2) is 71.6 Å². The van der Waals surface area contributed by atoms with E-state index in [1.807, 2.05) is 18.0 Å². The third-order valence-electron chi connectivity index (χ3n) is 5.08. The maximum Gasteiger partial charge on any atom is 0.185 e. The predicted octanol–water partition coefficient (Wildman–Crippen LogP) is 3.98. The maximum absolute atomic E-state index is 5.45. The minimum absolute atomic E-state index is 0.154. The standard InChI is InChI=1S/C22H29N5S/c1-22(12-9-19-15-25-16-27-19)10-7-18(8-11-22)20(17-5-3-2-4-6-17)28-14-13-26-21(23)24/h2-8,10,15-16,20H,9,11-14H2,1H3,(H,25,27)(H4,23,24,26). The van der Waals surface area contributed by atoms with E-state index in [1.54, 1.807) is 6.33 Å². The number of guanidine groups is 1. The molecule has 1 aromatic carbocycles. The van der Waals surface area contributed by atoms with Crippen LogP contribution in [-0.4, -0.2) is 28.2 Å². The minimum Gasteiger partial charge on any atom is -0.370 e. The number of rotatable bonds is 9. The van der Waals surface area contributed by atoms with Gasteiger partial charge in [0, 0.05) is 17.6 Å². The lowest BCUT2D eigenvalue weighted by atomic mass is 9.77. The summed E-state index contributed by atoms with van der Waals surface area (Å²) in [5, 5.41) is 0.295. The molecule has 6 heteroatoms. The summed E-state index contributed by atoms with van der Waals surface area (Å²) in [5.41, 5.74) is 14.9. The van der Waals surface area contributed by atoms with Gasteiger partial charge < -0.3 is 16.5 Å². The highest BCUT2D eigenvalue weighted by Gasteiger charge is 2.25. The quantitative estimate of drug-likeness (QED) is 0.340. The summed E-state index contributed by atoms with van der Waals surface area (Å²) in [7, 11) is 0. The van der Waals surface area contributed by atoms with Crippen LogP contribution in [0, 0.1) is 5.41 Å². The summed E-state index contributed by atoms with van der Waals surface area (Å²) in [4.78, 5) is 11.4. The molecule has 5 N–H and O–H groups in total. The fraction of sp³-hybridized carbons (Fsp3) is 0.364. The van der Waals surface area contributed by atoms with Crippen molar-refractivity contribution < 1.29 is 0 Å². The largest absolute Gasteiger partial charge is 0.370 e. The van der Waals surface area contributed by atoms with Crippen molar-refractivity contribution in [3.05, 3.63) is 77.9 Å². The molecule has 1 aliphatic carbocycles. The molecule has 5 nitrogen and oxygen atoms in total. The minimum atomic E-state index is 0.154. The fourth-order valence-corrected chi connectivity index (χ4v) is 4.51. The Bertz CT molecular complexity index is 822. The SMILES string of the molecule is CC1(CCc2cnc[nH]2)C=CC(C(SCCN=C(N)N)c2ccccc2)=CC1. The zero-order valence-corrected chi connectivity index (χ0v) is 17.2. The van der Waals surface area contributed by atoms with E-state index in [2.05, 4.69) is 70.4 Å². The lowest BCUT2D eigenvalue weighted by Crippen LogP contribution is -2.23. The topological polar surface area (TPSA) is 93.1 Å². The Hall–Kier alpha value is -2.47. The highest BCUT2D eigenvalue weighted by Crippen LogP contribution is 2.42. The van der Waals surface area contributed by atoms with Gasteiger partial charge in [0.15, 0.2) is 5.96 Å². The van der Waals surface area contributed by atoms with Crippen LogP contribution in [0.3, 0.4) is 0 Å². The van der Waals surface area contributed by atoms with E-state index < -0.39 is 0 Å². The zero-order valence-electron chi connectivity index (χ0n) is 16.3. The average Bonchev–Trinajstić information content (AvgIpc) is 3.22. The normalized spacial score (nSPS) is 19.8. The van der Waals surface area contributed by atoms with Gasteiger partial charge in [-0.05, 0) is 35.8 Å². The predicted molar refractivity (Wildman–Crippen MR) is 119 cm³/mol. The maximum atomic E-state index is 5.45. The van der Waals surface area contributed by atoms with E-state index >= 15 is 0 Å². The van der Waals surface area contributed by atoms with Crippen LogP contribution in [0.25, 0.3) is 0 Å². The number of benzene rings is 1. The van der Waals surface area contributed by atoms with Crippen LogP contribution in [0.2, 0.25) is 0 Å². The van der Waals surface area contributed by atoms with Crippen LogP contribution >= 0.6 is 11.8 Å². The molecule has 3 rings (SSSR count). The fourth-order valence-electron chi connectivity index (χ4n) is 3.36. The molecule has 0 aliphatic heterocycles. The van der Waals surface area contributed by atoms with Crippen molar-refractivity contribution in [1.29, 1.82) is 0 Å². The van der Waals surface area contributed by atoms with Gasteiger partial charge in [-0.1, -0.05) is 55.5 Å². The molecule has 0 spiro atoms. The molecule has 2 aromatic rings. The molecule has 28 heavy (non-hydrogen) atoms. The lowest BCUT2D eigenvalue weighted by Gasteiger charge is -2.30. The first kappa shape index (κ1) is 20.3. The van der Waals surface area contributed by atoms with Gasteiger partial charge in [0.25, 0.3) is 0 Å². The number of H-pyrrole nitrogens is 1. The summed E-state index contributed by atoms with van der Waals surface area (Å²) in [6, 6.07) is 10.6. The first-order valence-corrected chi connectivity index (χ1v) is 10.7. The van der Waals surface area contributed by atoms with Crippen molar-refractivity contribution in [2.75, 3.05) is 12.3 Å². The molecule has 0 saturated carbocycles. The van der Waals surface area contributed by atoms with E-state index in [4.69, 9.17) is 11.5 Å². The number of hydrogen-bond acceptors (Lipinski definition) is 3. The Morgan fingerprint density at radius 2 is 2.14 bits per heavy atom. The zero-order chi connectivity index (χ0) is 19.8. The monoisotopic (exact) mass is 395 g/mol. The summed E-state index contributed by atoms with van der Waals surface area (Å²) in [6.45, 7) is 2.96. The smallest absolute Gasteiger partial charge is 0.185 e. The van der Waals surface area contributed by atoms with Gasteiger partial charge in [-0.25, -0.2) is 4.98 Å². The van der Waals surface area contributed by atoms with Crippen LogP contribution in [0.1, 0.15) is 36.3 Å². The van der Waals surface area contributed by atoms with E-state index in [0.29, 0.717) is 11.8 Å². The molecule has 1 heterocycles. The number of aromatic nitrogens is 2. The Kier molecular flexibility index (Phi) is 6.98. The van der Waals surface area contributed by atoms with Gasteiger partial charge in [-0.3, -0.25) is 4.99 Å². The molecule has 2 atom stereocenters. The number of hydrogen-bond donors (Lipinski definition) is 3. The molecule has 1 aromatic heterocycles. The number of aromatic amines is 1. The van der Waals surface area contributed by atoms with Crippen molar-refractivity contribution in [2.24, 2.45) is 21.9 Å². The Morgan fingerprint density at radius 1 is 1.32 bits per heavy atom. The molecule has 148 valence electrons. The Labute approximate surface area is 171 Å². The lowest BCUT2D eigenvalue weighted by molar-refractivity contribution is 0.390. The number of nitrogens with one attached hydrogen (secondary N) is 1. The van der Waals surface area contributed by atoms with Crippen LogP contribution in [-0.2, 0) is 6.42 Å². The molecule has 2 unspecified atom stereocenters. The first-order chi connectivity index (χ1) is 13.6. The Balaban J connectivity index is 1.66. The van der Waals surface area contributed by atoms with E-state index in [0.717, 1.165) is 25.0 Å². The first-order valence-electron chi connectivity index (χ1n) is 9.64. The van der Waals surface area contributed by atoms with E-state index in [-0.39, 0.29) is 11.4 Å². The third-order valence-corrected chi connectivity index (χ3v) is 6.37. The van der Waals surface area contributed by atoms with Gasteiger partial charge in [0.2, 0.25) is 0 Å². The number of aliphatic imine (C=N–C) groups is 1. The van der Waals surface area contributed by atoms with Crippen molar-refractivity contribution in [1.82, 2.24) is 9.97 Å². The number of imidazole rings is 1. The molecule has 0 radical (unpaired) electrons. The summed E-state index contributed by atoms with van der Waals surface area (Å²) in [5.74, 6) is 1.03. The molecular formula is C22H29N5S. The second-order valence-corrected chi connectivity index (χ2v) is 8.65. The van der Waals surface area contributed by atoms with Gasteiger partial charge in [-0.2, -0.15) is 0 Å². The van der Waals surface area contributed by atoms with Gasteiger partial charge in [0.1, 0.15) is 0 Å². The number of aryl methyl sites for hydroxylation is 1. The number of thioether (sulfide) groups is 1. The third kappa shape index (κ3) is 5.76. The van der Waals surface area contributed by atoms with Gasteiger partial charge >= 0.3 is 0 Å². The second kappa shape index (κ2) is 9.64. The van der Waals surface area contributed by atoms with Crippen molar-refractivity contribution in [3.8, 4) is 0 Å². The number of nitrogens with zero attached hydrogens (tertiary/aromatic N) is 2. The van der Waals surface area contributed by atoms with Gasteiger partial charge in [-0.15, -0.1) is 11.8 Å². The molecular weight excluding hydrogens is 366 g/mol. The summed E-state index contributed by atoms with van der Waals surface area (Å²) >= 11 is 1.88. The average molecular weight is 396 g/mol. The molecule has 0 amide bonds. The summed E-state index contributed by atoms with van der Waals surface area (Å²) < 4.78 is 0. The van der Waals surface area contributed by atoms with Gasteiger partial charge in [0.05, 0.1) is 18.1 Å². The highest BCUT2D eigenvalue weighted by molar-refractivity contribution is 7.99. The highest BCUT2D eigenvalue weighted by atomic mass is 32.2. The second-order valence-electron chi connectivity index (χ2n) is 7.44. The van der Waals surface area contributed by atoms with E-state index in [9.17, 15) is 0 Å². The molecule has 0 bridgehead atoms. The Morgan fingerprint density at radius 3 is 2.79 bits per heavy atom.